The first kappa shape index (κ1) is 23.3. The Morgan fingerprint density at radius 3 is 2.15 bits per heavy atom. The number of carboxylic acid groups (broad SMARTS) is 1. The number of unbranched alkanes of at least 4 members (excludes halogenated alkanes) is 9. The van der Waals surface area contributed by atoms with Gasteiger partial charge in [-0.3, -0.25) is 4.79 Å². The van der Waals surface area contributed by atoms with Gasteiger partial charge in [0.2, 0.25) is 5.91 Å². The Bertz CT molecular complexity index is 577. The summed E-state index contributed by atoms with van der Waals surface area (Å²) < 4.78 is 0. The van der Waals surface area contributed by atoms with Crippen LogP contribution >= 0.6 is 11.8 Å². The number of carbonyl (C=O) groups is 2. The SMILES string of the molecule is CCCCCCCCCCCCSCC(=O)Nc1ccc(O)c(C(=O)O)c1. The maximum absolute atomic E-state index is 11.9. The van der Waals surface area contributed by atoms with Gasteiger partial charge in [0.25, 0.3) is 0 Å². The monoisotopic (exact) mass is 395 g/mol. The van der Waals surface area contributed by atoms with Crippen molar-refractivity contribution in [3.05, 3.63) is 23.8 Å². The lowest BCUT2D eigenvalue weighted by molar-refractivity contribution is -0.113. The molecule has 0 aliphatic heterocycles. The summed E-state index contributed by atoms with van der Waals surface area (Å²) in [6.07, 6.45) is 13.0. The van der Waals surface area contributed by atoms with Gasteiger partial charge >= 0.3 is 5.97 Å². The zero-order valence-electron chi connectivity index (χ0n) is 16.3. The number of phenols is 1. The van der Waals surface area contributed by atoms with Gasteiger partial charge in [0.05, 0.1) is 5.75 Å². The van der Waals surface area contributed by atoms with Crippen molar-refractivity contribution in [2.75, 3.05) is 16.8 Å². The van der Waals surface area contributed by atoms with E-state index >= 15 is 0 Å². The standard InChI is InChI=1S/C21H33NO4S/c1-2-3-4-5-6-7-8-9-10-11-14-27-16-20(24)22-17-12-13-19(23)18(15-17)21(25)26/h12-13,15,23H,2-11,14,16H2,1H3,(H,22,24)(H,25,26). The van der Waals surface area contributed by atoms with Crippen LogP contribution in [0.5, 0.6) is 5.75 Å². The molecule has 0 aliphatic rings. The van der Waals surface area contributed by atoms with Gasteiger partial charge in [0, 0.05) is 5.69 Å². The fraction of sp³-hybridized carbons (Fsp3) is 0.619. The number of carbonyl (C=O) groups excluding carboxylic acids is 1. The lowest BCUT2D eigenvalue weighted by Gasteiger charge is -2.07. The number of anilines is 1. The molecule has 6 heteroatoms. The minimum absolute atomic E-state index is 0.158. The Morgan fingerprint density at radius 1 is 0.963 bits per heavy atom. The lowest BCUT2D eigenvalue weighted by atomic mass is 10.1. The highest BCUT2D eigenvalue weighted by molar-refractivity contribution is 7.99. The van der Waals surface area contributed by atoms with E-state index in [0.29, 0.717) is 11.4 Å². The highest BCUT2D eigenvalue weighted by atomic mass is 32.2. The van der Waals surface area contributed by atoms with E-state index in [2.05, 4.69) is 12.2 Å². The maximum atomic E-state index is 11.9. The Kier molecular flexibility index (Phi) is 12.4. The first-order valence-corrected chi connectivity index (χ1v) is 11.1. The van der Waals surface area contributed by atoms with Gasteiger partial charge in [-0.25, -0.2) is 4.79 Å². The van der Waals surface area contributed by atoms with E-state index in [1.165, 1.54) is 76.0 Å². The van der Waals surface area contributed by atoms with E-state index in [0.717, 1.165) is 12.2 Å². The van der Waals surface area contributed by atoms with Crippen LogP contribution in [0.25, 0.3) is 0 Å². The molecule has 152 valence electrons. The molecule has 0 saturated heterocycles. The highest BCUT2D eigenvalue weighted by Crippen LogP contribution is 2.21. The molecule has 0 radical (unpaired) electrons. The Morgan fingerprint density at radius 2 is 1.56 bits per heavy atom. The number of aromatic hydroxyl groups is 1. The van der Waals surface area contributed by atoms with Gasteiger partial charge in [-0.1, -0.05) is 64.7 Å². The van der Waals surface area contributed by atoms with Crippen molar-refractivity contribution in [2.24, 2.45) is 0 Å². The highest BCUT2D eigenvalue weighted by Gasteiger charge is 2.11. The van der Waals surface area contributed by atoms with Crippen LogP contribution in [-0.2, 0) is 4.79 Å². The molecule has 0 spiro atoms. The van der Waals surface area contributed by atoms with E-state index in [1.54, 1.807) is 11.8 Å². The molecule has 1 aromatic rings. The zero-order chi connectivity index (χ0) is 19.9. The van der Waals surface area contributed by atoms with Crippen molar-refractivity contribution in [1.82, 2.24) is 0 Å². The van der Waals surface area contributed by atoms with Crippen LogP contribution < -0.4 is 5.32 Å². The van der Waals surface area contributed by atoms with Crippen molar-refractivity contribution in [3.63, 3.8) is 0 Å². The van der Waals surface area contributed by atoms with Crippen LogP contribution in [0.3, 0.4) is 0 Å². The lowest BCUT2D eigenvalue weighted by Crippen LogP contribution is -2.14. The largest absolute Gasteiger partial charge is 0.507 e. The van der Waals surface area contributed by atoms with E-state index < -0.39 is 5.97 Å². The van der Waals surface area contributed by atoms with Crippen molar-refractivity contribution in [3.8, 4) is 5.75 Å². The van der Waals surface area contributed by atoms with Crippen LogP contribution in [0.4, 0.5) is 5.69 Å². The van der Waals surface area contributed by atoms with Gasteiger partial charge < -0.3 is 15.5 Å². The van der Waals surface area contributed by atoms with Crippen LogP contribution in [0.1, 0.15) is 81.5 Å². The zero-order valence-corrected chi connectivity index (χ0v) is 17.2. The number of amides is 1. The predicted molar refractivity (Wildman–Crippen MR) is 113 cm³/mol. The van der Waals surface area contributed by atoms with Crippen LogP contribution in [0.15, 0.2) is 18.2 Å². The molecule has 0 fully saturated rings. The van der Waals surface area contributed by atoms with Gasteiger partial charge in [-0.05, 0) is 30.4 Å². The quantitative estimate of drug-likeness (QED) is 0.263. The number of thioether (sulfide) groups is 1. The molecule has 5 nitrogen and oxygen atoms in total. The molecule has 0 aliphatic carbocycles. The molecule has 0 saturated carbocycles. The number of carboxylic acids is 1. The first-order valence-electron chi connectivity index (χ1n) is 9.98. The normalized spacial score (nSPS) is 10.7. The van der Waals surface area contributed by atoms with E-state index in [1.807, 2.05) is 0 Å². The third-order valence-electron chi connectivity index (χ3n) is 4.39. The summed E-state index contributed by atoms with van der Waals surface area (Å²) in [5.74, 6) is -0.385. The van der Waals surface area contributed by atoms with E-state index in [-0.39, 0.29) is 17.2 Å². The fourth-order valence-corrected chi connectivity index (χ4v) is 3.65. The summed E-state index contributed by atoms with van der Waals surface area (Å²) >= 11 is 1.59. The minimum Gasteiger partial charge on any atom is -0.507 e. The maximum Gasteiger partial charge on any atom is 0.339 e. The average Bonchev–Trinajstić information content (AvgIpc) is 2.64. The Balaban J connectivity index is 2.05. The number of nitrogens with one attached hydrogen (secondary N) is 1. The molecule has 0 unspecified atom stereocenters. The predicted octanol–water partition coefficient (Wildman–Crippen LogP) is 5.68. The second kappa shape index (κ2) is 14.4. The molecule has 27 heavy (non-hydrogen) atoms. The van der Waals surface area contributed by atoms with E-state index in [4.69, 9.17) is 5.11 Å². The summed E-state index contributed by atoms with van der Waals surface area (Å²) in [7, 11) is 0. The third kappa shape index (κ3) is 10.9. The average molecular weight is 396 g/mol. The topological polar surface area (TPSA) is 86.6 Å². The summed E-state index contributed by atoms with van der Waals surface area (Å²) in [5, 5.41) is 21.1. The molecule has 0 atom stereocenters. The summed E-state index contributed by atoms with van der Waals surface area (Å²) in [4.78, 5) is 22.9. The minimum atomic E-state index is -1.22. The van der Waals surface area contributed by atoms with Gasteiger partial charge in [-0.15, -0.1) is 0 Å². The smallest absolute Gasteiger partial charge is 0.339 e. The first-order chi connectivity index (χ1) is 13.0. The van der Waals surface area contributed by atoms with Crippen LogP contribution in [-0.4, -0.2) is 33.6 Å². The van der Waals surface area contributed by atoms with Crippen LogP contribution in [0.2, 0.25) is 0 Å². The molecule has 3 N–H and O–H groups in total. The molecule has 0 aromatic heterocycles. The molecule has 1 amide bonds. The summed E-state index contributed by atoms with van der Waals surface area (Å²) in [6.45, 7) is 2.24. The van der Waals surface area contributed by atoms with Gasteiger partial charge in [-0.2, -0.15) is 11.8 Å². The number of aromatic carboxylic acids is 1. The number of hydrogen-bond acceptors (Lipinski definition) is 4. The molecule has 1 rings (SSSR count). The molecule has 0 bridgehead atoms. The fourth-order valence-electron chi connectivity index (χ4n) is 2.84. The van der Waals surface area contributed by atoms with Crippen molar-refractivity contribution >= 4 is 29.3 Å². The van der Waals surface area contributed by atoms with Gasteiger partial charge in [0.1, 0.15) is 11.3 Å². The second-order valence-corrected chi connectivity index (χ2v) is 7.92. The molecule has 0 heterocycles. The molecule has 1 aromatic carbocycles. The van der Waals surface area contributed by atoms with Crippen molar-refractivity contribution in [2.45, 2.75) is 71.1 Å². The third-order valence-corrected chi connectivity index (χ3v) is 5.43. The van der Waals surface area contributed by atoms with Gasteiger partial charge in [0.15, 0.2) is 0 Å². The summed E-state index contributed by atoms with van der Waals surface area (Å²) in [5.41, 5.74) is 0.167. The number of rotatable bonds is 15. The van der Waals surface area contributed by atoms with E-state index in [9.17, 15) is 14.7 Å². The molecular formula is C21H33NO4S. The van der Waals surface area contributed by atoms with Crippen LogP contribution in [0, 0.1) is 0 Å². The summed E-state index contributed by atoms with van der Waals surface area (Å²) in [6, 6.07) is 4.03. The Hall–Kier alpha value is -1.69. The molecular weight excluding hydrogens is 362 g/mol. The number of hydrogen-bond donors (Lipinski definition) is 3. The van der Waals surface area contributed by atoms with Crippen molar-refractivity contribution < 1.29 is 19.8 Å². The number of benzene rings is 1. The second-order valence-electron chi connectivity index (χ2n) is 6.82. The Labute approximate surface area is 166 Å². The van der Waals surface area contributed by atoms with Crippen molar-refractivity contribution in [1.29, 1.82) is 0 Å².